The quantitative estimate of drug-likeness (QED) is 0.867. The zero-order valence-corrected chi connectivity index (χ0v) is 14.5. The number of benzene rings is 1. The van der Waals surface area contributed by atoms with Crippen LogP contribution in [0.2, 0.25) is 0 Å². The van der Waals surface area contributed by atoms with Crippen LogP contribution >= 0.6 is 0 Å². The standard InChI is InChI=1S/C19H23N3O3/c1-14-5-4-7-16(11-14)25-13-18(23)20-9-10-22-19(24)12-15-6-2-3-8-17(15)21-22/h4-5,7,11-12H,2-3,6,8-10,13H2,1H3,(H,20,23). The number of nitrogens with one attached hydrogen (secondary N) is 1. The van der Waals surface area contributed by atoms with Crippen LogP contribution in [0.3, 0.4) is 0 Å². The number of carbonyl (C=O) groups is 1. The van der Waals surface area contributed by atoms with Gasteiger partial charge in [-0.1, -0.05) is 12.1 Å². The molecule has 0 fully saturated rings. The van der Waals surface area contributed by atoms with E-state index in [1.165, 1.54) is 4.68 Å². The first-order valence-corrected chi connectivity index (χ1v) is 8.68. The van der Waals surface area contributed by atoms with Crippen molar-refractivity contribution < 1.29 is 9.53 Å². The van der Waals surface area contributed by atoms with Gasteiger partial charge in [-0.15, -0.1) is 0 Å². The van der Waals surface area contributed by atoms with Crippen molar-refractivity contribution in [3.63, 3.8) is 0 Å². The number of rotatable bonds is 6. The molecule has 1 aliphatic carbocycles. The lowest BCUT2D eigenvalue weighted by Crippen LogP contribution is -2.35. The van der Waals surface area contributed by atoms with Crippen LogP contribution in [0.5, 0.6) is 5.75 Å². The molecule has 2 aromatic rings. The third kappa shape index (κ3) is 4.68. The average molecular weight is 341 g/mol. The van der Waals surface area contributed by atoms with E-state index >= 15 is 0 Å². The number of nitrogens with zero attached hydrogens (tertiary/aromatic N) is 2. The van der Waals surface area contributed by atoms with Crippen LogP contribution in [0.15, 0.2) is 35.1 Å². The van der Waals surface area contributed by atoms with Gasteiger partial charge in [-0.3, -0.25) is 9.59 Å². The molecule has 3 rings (SSSR count). The Morgan fingerprint density at radius 2 is 2.12 bits per heavy atom. The van der Waals surface area contributed by atoms with E-state index in [2.05, 4.69) is 10.4 Å². The van der Waals surface area contributed by atoms with Crippen molar-refractivity contribution in [2.24, 2.45) is 0 Å². The molecule has 6 heteroatoms. The first-order valence-electron chi connectivity index (χ1n) is 8.68. The molecule has 1 N–H and O–H groups in total. The number of fused-ring (bicyclic) bond motifs is 1. The second-order valence-corrected chi connectivity index (χ2v) is 6.34. The van der Waals surface area contributed by atoms with Crippen LogP contribution in [0.4, 0.5) is 0 Å². The summed E-state index contributed by atoms with van der Waals surface area (Å²) in [5.74, 6) is 0.454. The molecule has 1 aromatic heterocycles. The SMILES string of the molecule is Cc1cccc(OCC(=O)NCCn2nc3c(cc2=O)CCCC3)c1. The monoisotopic (exact) mass is 341 g/mol. The van der Waals surface area contributed by atoms with Crippen LogP contribution in [0.1, 0.15) is 29.7 Å². The fourth-order valence-electron chi connectivity index (χ4n) is 2.97. The molecule has 6 nitrogen and oxygen atoms in total. The van der Waals surface area contributed by atoms with Gasteiger partial charge in [-0.2, -0.15) is 5.10 Å². The highest BCUT2D eigenvalue weighted by atomic mass is 16.5. The van der Waals surface area contributed by atoms with E-state index in [1.54, 1.807) is 6.07 Å². The Hall–Kier alpha value is -2.63. The molecule has 1 heterocycles. The minimum Gasteiger partial charge on any atom is -0.484 e. The third-order valence-corrected chi connectivity index (χ3v) is 4.28. The van der Waals surface area contributed by atoms with Crippen LogP contribution < -0.4 is 15.6 Å². The Kier molecular flexibility index (Phi) is 5.48. The molecule has 1 aliphatic rings. The van der Waals surface area contributed by atoms with Crippen molar-refractivity contribution in [3.05, 3.63) is 57.5 Å². The number of ether oxygens (including phenoxy) is 1. The largest absolute Gasteiger partial charge is 0.484 e. The van der Waals surface area contributed by atoms with Gasteiger partial charge in [-0.05, 0) is 55.9 Å². The molecule has 0 spiro atoms. The zero-order valence-electron chi connectivity index (χ0n) is 14.5. The number of amides is 1. The number of hydrogen-bond acceptors (Lipinski definition) is 4. The molecule has 0 bridgehead atoms. The molecule has 0 saturated heterocycles. The van der Waals surface area contributed by atoms with Crippen molar-refractivity contribution in [3.8, 4) is 5.75 Å². The Morgan fingerprint density at radius 3 is 2.96 bits per heavy atom. The first-order chi connectivity index (χ1) is 12.1. The van der Waals surface area contributed by atoms with Gasteiger partial charge in [-0.25, -0.2) is 4.68 Å². The lowest BCUT2D eigenvalue weighted by Gasteiger charge is -2.16. The fourth-order valence-corrected chi connectivity index (χ4v) is 2.97. The zero-order chi connectivity index (χ0) is 17.6. The van der Waals surface area contributed by atoms with Crippen molar-refractivity contribution in [2.75, 3.05) is 13.2 Å². The highest BCUT2D eigenvalue weighted by Gasteiger charge is 2.13. The number of aromatic nitrogens is 2. The maximum absolute atomic E-state index is 12.1. The summed E-state index contributed by atoms with van der Waals surface area (Å²) in [7, 11) is 0. The molecule has 0 aliphatic heterocycles. The fraction of sp³-hybridized carbons (Fsp3) is 0.421. The van der Waals surface area contributed by atoms with Crippen molar-refractivity contribution in [1.29, 1.82) is 0 Å². The summed E-state index contributed by atoms with van der Waals surface area (Å²) in [6, 6.07) is 9.23. The van der Waals surface area contributed by atoms with Crippen molar-refractivity contribution in [2.45, 2.75) is 39.2 Å². The van der Waals surface area contributed by atoms with Gasteiger partial charge in [0.15, 0.2) is 6.61 Å². The predicted molar refractivity (Wildman–Crippen MR) is 94.8 cm³/mol. The van der Waals surface area contributed by atoms with Crippen molar-refractivity contribution >= 4 is 5.91 Å². The summed E-state index contributed by atoms with van der Waals surface area (Å²) < 4.78 is 6.89. The lowest BCUT2D eigenvalue weighted by atomic mass is 9.97. The smallest absolute Gasteiger partial charge is 0.267 e. The molecule has 0 saturated carbocycles. The molecular formula is C19H23N3O3. The second-order valence-electron chi connectivity index (χ2n) is 6.34. The van der Waals surface area contributed by atoms with Crippen LogP contribution in [-0.4, -0.2) is 28.8 Å². The van der Waals surface area contributed by atoms with E-state index in [0.29, 0.717) is 18.8 Å². The molecule has 0 atom stereocenters. The third-order valence-electron chi connectivity index (χ3n) is 4.28. The van der Waals surface area contributed by atoms with Gasteiger partial charge in [0.1, 0.15) is 5.75 Å². The van der Waals surface area contributed by atoms with Gasteiger partial charge in [0, 0.05) is 12.6 Å². The summed E-state index contributed by atoms with van der Waals surface area (Å²) in [4.78, 5) is 23.9. The van der Waals surface area contributed by atoms with Gasteiger partial charge in [0.05, 0.1) is 12.2 Å². The molecule has 1 aromatic carbocycles. The number of hydrogen-bond donors (Lipinski definition) is 1. The van der Waals surface area contributed by atoms with E-state index in [9.17, 15) is 9.59 Å². The summed E-state index contributed by atoms with van der Waals surface area (Å²) in [5.41, 5.74) is 3.06. The van der Waals surface area contributed by atoms with E-state index in [1.807, 2.05) is 31.2 Å². The molecule has 132 valence electrons. The van der Waals surface area contributed by atoms with Gasteiger partial charge in [0.2, 0.25) is 0 Å². The average Bonchev–Trinajstić information content (AvgIpc) is 2.60. The van der Waals surface area contributed by atoms with Crippen LogP contribution in [0, 0.1) is 6.92 Å². The number of aryl methyl sites for hydroxylation is 3. The minimum atomic E-state index is -0.215. The predicted octanol–water partition coefficient (Wildman–Crippen LogP) is 1.63. The molecular weight excluding hydrogens is 318 g/mol. The minimum absolute atomic E-state index is 0.0457. The normalized spacial score (nSPS) is 13.2. The molecule has 0 unspecified atom stereocenters. The molecule has 1 amide bonds. The van der Waals surface area contributed by atoms with E-state index in [-0.39, 0.29) is 18.1 Å². The summed E-state index contributed by atoms with van der Waals surface area (Å²) in [6.07, 6.45) is 4.10. The first kappa shape index (κ1) is 17.2. The van der Waals surface area contributed by atoms with Crippen LogP contribution in [-0.2, 0) is 24.2 Å². The van der Waals surface area contributed by atoms with Gasteiger partial charge >= 0.3 is 0 Å². The highest BCUT2D eigenvalue weighted by Crippen LogP contribution is 2.16. The van der Waals surface area contributed by atoms with Gasteiger partial charge in [0.25, 0.3) is 11.5 Å². The summed E-state index contributed by atoms with van der Waals surface area (Å²) in [5, 5.41) is 7.19. The van der Waals surface area contributed by atoms with E-state index in [4.69, 9.17) is 4.74 Å². The topological polar surface area (TPSA) is 73.2 Å². The highest BCUT2D eigenvalue weighted by molar-refractivity contribution is 5.77. The van der Waals surface area contributed by atoms with Crippen molar-refractivity contribution in [1.82, 2.24) is 15.1 Å². The Bertz CT molecular complexity index is 814. The molecule has 0 radical (unpaired) electrons. The van der Waals surface area contributed by atoms with E-state index < -0.39 is 0 Å². The van der Waals surface area contributed by atoms with Gasteiger partial charge < -0.3 is 10.1 Å². The summed E-state index contributed by atoms with van der Waals surface area (Å²) >= 11 is 0. The maximum Gasteiger partial charge on any atom is 0.267 e. The second kappa shape index (κ2) is 7.96. The molecule has 25 heavy (non-hydrogen) atoms. The Labute approximate surface area is 146 Å². The van der Waals surface area contributed by atoms with Crippen LogP contribution in [0.25, 0.3) is 0 Å². The number of carbonyl (C=O) groups excluding carboxylic acids is 1. The Balaban J connectivity index is 1.48. The summed E-state index contributed by atoms with van der Waals surface area (Å²) in [6.45, 7) is 2.64. The Morgan fingerprint density at radius 1 is 1.28 bits per heavy atom. The lowest BCUT2D eigenvalue weighted by molar-refractivity contribution is -0.123. The van der Waals surface area contributed by atoms with E-state index in [0.717, 1.165) is 42.5 Å². The maximum atomic E-state index is 12.1.